The van der Waals surface area contributed by atoms with E-state index in [9.17, 15) is 18.0 Å². The second kappa shape index (κ2) is 8.74. The van der Waals surface area contributed by atoms with Crippen LogP contribution in [0.2, 0.25) is 0 Å². The van der Waals surface area contributed by atoms with Gasteiger partial charge < -0.3 is 10.6 Å². The van der Waals surface area contributed by atoms with Gasteiger partial charge in [-0.3, -0.25) is 14.6 Å². The molecule has 0 fully saturated rings. The molecule has 0 saturated carbocycles. The van der Waals surface area contributed by atoms with E-state index in [0.29, 0.717) is 6.42 Å². The Kier molecular flexibility index (Phi) is 7.30. The van der Waals surface area contributed by atoms with Crippen LogP contribution < -0.4 is 10.6 Å². The number of sulfonamides is 1. The number of carbonyl (C=O) groups excluding carboxylic acids is 2. The molecule has 1 aromatic heterocycles. The smallest absolute Gasteiger partial charge is 0.244 e. The van der Waals surface area contributed by atoms with E-state index in [1.54, 1.807) is 0 Å². The number of nitrogens with zero attached hydrogens (tertiary/aromatic N) is 2. The van der Waals surface area contributed by atoms with Crippen LogP contribution >= 0.6 is 0 Å². The van der Waals surface area contributed by atoms with Gasteiger partial charge in [0.2, 0.25) is 21.8 Å². The molecule has 0 saturated heterocycles. The molecule has 24 heavy (non-hydrogen) atoms. The molecule has 1 rings (SSSR count). The average Bonchev–Trinajstić information content (AvgIpc) is 2.53. The van der Waals surface area contributed by atoms with Gasteiger partial charge in [-0.05, 0) is 24.5 Å². The molecule has 2 amide bonds. The molecule has 8 nitrogen and oxygen atoms in total. The Morgan fingerprint density at radius 1 is 1.33 bits per heavy atom. The monoisotopic (exact) mass is 356 g/mol. The van der Waals surface area contributed by atoms with Crippen molar-refractivity contribution < 1.29 is 18.0 Å². The van der Waals surface area contributed by atoms with Crippen LogP contribution in [-0.4, -0.2) is 56.2 Å². The fourth-order valence-corrected chi connectivity index (χ4v) is 3.18. The van der Waals surface area contributed by atoms with E-state index < -0.39 is 22.0 Å². The van der Waals surface area contributed by atoms with Crippen LogP contribution in [0.1, 0.15) is 20.3 Å². The predicted molar refractivity (Wildman–Crippen MR) is 89.5 cm³/mol. The summed E-state index contributed by atoms with van der Waals surface area (Å²) in [7, 11) is -1.02. The van der Waals surface area contributed by atoms with Crippen molar-refractivity contribution >= 4 is 21.8 Å². The van der Waals surface area contributed by atoms with Gasteiger partial charge in [0.1, 0.15) is 10.9 Å². The minimum absolute atomic E-state index is 0.00494. The normalized spacial score (nSPS) is 12.9. The van der Waals surface area contributed by atoms with Gasteiger partial charge in [0, 0.05) is 26.5 Å². The molecular weight excluding hydrogens is 332 g/mol. The third-order valence-electron chi connectivity index (χ3n) is 3.31. The van der Waals surface area contributed by atoms with Crippen LogP contribution in [0.15, 0.2) is 29.4 Å². The summed E-state index contributed by atoms with van der Waals surface area (Å²) in [5.41, 5.74) is 0. The highest BCUT2D eigenvalue weighted by molar-refractivity contribution is 7.89. The van der Waals surface area contributed by atoms with Crippen molar-refractivity contribution in [3.05, 3.63) is 24.5 Å². The van der Waals surface area contributed by atoms with Crippen LogP contribution in [0, 0.1) is 5.92 Å². The summed E-state index contributed by atoms with van der Waals surface area (Å²) < 4.78 is 25.6. The standard InChI is InChI=1S/C15H24N4O4S/c1-11(2)8-13(15(21)16-3)18-14(20)10-19(4)24(22,23)12-6-5-7-17-9-12/h5-7,9,11,13H,8,10H2,1-4H3,(H,16,21)(H,18,20). The number of rotatable bonds is 8. The summed E-state index contributed by atoms with van der Waals surface area (Å²) in [5.74, 6) is -0.654. The lowest BCUT2D eigenvalue weighted by Gasteiger charge is -2.21. The maximum Gasteiger partial charge on any atom is 0.244 e. The van der Waals surface area contributed by atoms with Crippen molar-refractivity contribution in [1.82, 2.24) is 19.9 Å². The summed E-state index contributed by atoms with van der Waals surface area (Å²) in [6.07, 6.45) is 3.14. The van der Waals surface area contributed by atoms with Gasteiger partial charge in [-0.2, -0.15) is 4.31 Å². The lowest BCUT2D eigenvalue weighted by Crippen LogP contribution is -2.49. The molecule has 0 radical (unpaired) electrons. The molecule has 2 N–H and O–H groups in total. The zero-order valence-electron chi connectivity index (χ0n) is 14.3. The van der Waals surface area contributed by atoms with Gasteiger partial charge in [-0.25, -0.2) is 8.42 Å². The predicted octanol–water partition coefficient (Wildman–Crippen LogP) is -0.0210. The molecule has 0 aromatic carbocycles. The van der Waals surface area contributed by atoms with E-state index in [1.807, 2.05) is 13.8 Å². The zero-order valence-corrected chi connectivity index (χ0v) is 15.1. The van der Waals surface area contributed by atoms with Gasteiger partial charge >= 0.3 is 0 Å². The minimum Gasteiger partial charge on any atom is -0.357 e. The highest BCUT2D eigenvalue weighted by atomic mass is 32.2. The van der Waals surface area contributed by atoms with Gasteiger partial charge in [0.25, 0.3) is 0 Å². The molecule has 0 aliphatic heterocycles. The summed E-state index contributed by atoms with van der Waals surface area (Å²) in [4.78, 5) is 27.7. The van der Waals surface area contributed by atoms with Crippen molar-refractivity contribution in [2.75, 3.05) is 20.6 Å². The summed E-state index contributed by atoms with van der Waals surface area (Å²) >= 11 is 0. The molecule has 1 heterocycles. The average molecular weight is 356 g/mol. The lowest BCUT2D eigenvalue weighted by molar-refractivity contribution is -0.129. The largest absolute Gasteiger partial charge is 0.357 e. The first-order valence-electron chi connectivity index (χ1n) is 7.55. The van der Waals surface area contributed by atoms with E-state index in [2.05, 4.69) is 15.6 Å². The Hall–Kier alpha value is -2.00. The van der Waals surface area contributed by atoms with Crippen molar-refractivity contribution in [3.63, 3.8) is 0 Å². The molecule has 1 aromatic rings. The van der Waals surface area contributed by atoms with Crippen LogP contribution in [0.4, 0.5) is 0 Å². The number of amides is 2. The molecule has 0 aliphatic carbocycles. The van der Waals surface area contributed by atoms with Crippen molar-refractivity contribution in [3.8, 4) is 0 Å². The van der Waals surface area contributed by atoms with Crippen LogP contribution in [-0.2, 0) is 19.6 Å². The van der Waals surface area contributed by atoms with Crippen molar-refractivity contribution in [1.29, 1.82) is 0 Å². The van der Waals surface area contributed by atoms with E-state index in [1.165, 1.54) is 38.6 Å². The quantitative estimate of drug-likeness (QED) is 0.680. The molecule has 1 atom stereocenters. The minimum atomic E-state index is -3.81. The van der Waals surface area contributed by atoms with Crippen molar-refractivity contribution in [2.45, 2.75) is 31.2 Å². The Labute approximate surface area is 142 Å². The summed E-state index contributed by atoms with van der Waals surface area (Å²) in [6, 6.07) is 2.21. The van der Waals surface area contributed by atoms with Crippen molar-refractivity contribution in [2.24, 2.45) is 5.92 Å². The fourth-order valence-electron chi connectivity index (χ4n) is 2.08. The van der Waals surface area contributed by atoms with Crippen LogP contribution in [0.5, 0.6) is 0 Å². The molecule has 0 aliphatic rings. The fraction of sp³-hybridized carbons (Fsp3) is 0.533. The van der Waals surface area contributed by atoms with Gasteiger partial charge in [-0.1, -0.05) is 13.8 Å². The number of aromatic nitrogens is 1. The Balaban J connectivity index is 2.77. The maximum atomic E-state index is 12.3. The van der Waals surface area contributed by atoms with Gasteiger partial charge in [-0.15, -0.1) is 0 Å². The second-order valence-electron chi connectivity index (χ2n) is 5.81. The third kappa shape index (κ3) is 5.57. The van der Waals surface area contributed by atoms with Crippen LogP contribution in [0.3, 0.4) is 0 Å². The van der Waals surface area contributed by atoms with E-state index in [0.717, 1.165) is 4.31 Å². The number of pyridine rings is 1. The Morgan fingerprint density at radius 3 is 2.50 bits per heavy atom. The first-order chi connectivity index (χ1) is 11.2. The third-order valence-corrected chi connectivity index (χ3v) is 5.10. The SMILES string of the molecule is CNC(=O)C(CC(C)C)NC(=O)CN(C)S(=O)(=O)c1cccnc1. The van der Waals surface area contributed by atoms with Crippen LogP contribution in [0.25, 0.3) is 0 Å². The number of hydrogen-bond donors (Lipinski definition) is 2. The Morgan fingerprint density at radius 2 is 2.00 bits per heavy atom. The highest BCUT2D eigenvalue weighted by Crippen LogP contribution is 2.12. The first-order valence-corrected chi connectivity index (χ1v) is 8.99. The molecule has 9 heteroatoms. The summed E-state index contributed by atoms with van der Waals surface area (Å²) in [6.45, 7) is 3.48. The molecule has 0 spiro atoms. The number of nitrogens with one attached hydrogen (secondary N) is 2. The van der Waals surface area contributed by atoms with E-state index >= 15 is 0 Å². The lowest BCUT2D eigenvalue weighted by atomic mass is 10.0. The number of hydrogen-bond acceptors (Lipinski definition) is 5. The Bertz CT molecular complexity index is 661. The topological polar surface area (TPSA) is 108 Å². The van der Waals surface area contributed by atoms with E-state index in [4.69, 9.17) is 0 Å². The van der Waals surface area contributed by atoms with Gasteiger partial charge in [0.15, 0.2) is 0 Å². The highest BCUT2D eigenvalue weighted by Gasteiger charge is 2.26. The maximum absolute atomic E-state index is 12.3. The molecular formula is C15H24N4O4S. The molecule has 0 bridgehead atoms. The molecule has 134 valence electrons. The van der Waals surface area contributed by atoms with E-state index in [-0.39, 0.29) is 23.3 Å². The van der Waals surface area contributed by atoms with Gasteiger partial charge in [0.05, 0.1) is 6.54 Å². The summed E-state index contributed by atoms with van der Waals surface area (Å²) in [5, 5.41) is 5.07. The second-order valence-corrected chi connectivity index (χ2v) is 7.86. The zero-order chi connectivity index (χ0) is 18.3. The number of likely N-dealkylation sites (N-methyl/N-ethyl adjacent to an activating group) is 2. The molecule has 1 unspecified atom stereocenters. The number of carbonyl (C=O) groups is 2. The first kappa shape index (κ1) is 20.0.